The monoisotopic (exact) mass is 368 g/mol. The fourth-order valence-electron chi connectivity index (χ4n) is 4.41. The number of likely N-dealkylation sites (tertiary alicyclic amines) is 1. The van der Waals surface area contributed by atoms with Gasteiger partial charge in [0.2, 0.25) is 5.95 Å². The quantitative estimate of drug-likeness (QED) is 0.749. The van der Waals surface area contributed by atoms with Crippen molar-refractivity contribution in [3.05, 3.63) is 42.2 Å². The minimum absolute atomic E-state index is 0.448. The SMILES string of the molecule is COc1cccc(OC[C@@H]2[C@H]3CC[C@H](C3)N2Cc2cnc(N(C)C)nc2)c1. The third-order valence-corrected chi connectivity index (χ3v) is 5.80. The summed E-state index contributed by atoms with van der Waals surface area (Å²) in [5, 5.41) is 0. The molecule has 2 fully saturated rings. The molecule has 4 rings (SSSR count). The molecule has 0 unspecified atom stereocenters. The van der Waals surface area contributed by atoms with Gasteiger partial charge in [0.25, 0.3) is 0 Å². The first-order valence-electron chi connectivity index (χ1n) is 9.65. The predicted octanol–water partition coefficient (Wildman–Crippen LogP) is 2.98. The maximum Gasteiger partial charge on any atom is 0.224 e. The van der Waals surface area contributed by atoms with Gasteiger partial charge in [0, 0.05) is 56.7 Å². The molecular weight excluding hydrogens is 340 g/mol. The van der Waals surface area contributed by atoms with Crippen molar-refractivity contribution in [2.24, 2.45) is 5.92 Å². The third kappa shape index (κ3) is 3.86. The lowest BCUT2D eigenvalue weighted by Gasteiger charge is -2.35. The van der Waals surface area contributed by atoms with Crippen LogP contribution in [0.25, 0.3) is 0 Å². The van der Waals surface area contributed by atoms with Crippen LogP contribution in [0.1, 0.15) is 24.8 Å². The number of anilines is 1. The van der Waals surface area contributed by atoms with Gasteiger partial charge in [-0.15, -0.1) is 0 Å². The Morgan fingerprint density at radius 1 is 1.15 bits per heavy atom. The zero-order valence-corrected chi connectivity index (χ0v) is 16.3. The predicted molar refractivity (Wildman–Crippen MR) is 105 cm³/mol. The van der Waals surface area contributed by atoms with Gasteiger partial charge in [-0.2, -0.15) is 0 Å². The lowest BCUT2D eigenvalue weighted by Crippen LogP contribution is -2.43. The van der Waals surface area contributed by atoms with E-state index in [1.54, 1.807) is 7.11 Å². The van der Waals surface area contributed by atoms with Gasteiger partial charge < -0.3 is 14.4 Å². The number of hydrogen-bond acceptors (Lipinski definition) is 6. The van der Waals surface area contributed by atoms with Gasteiger partial charge in [-0.1, -0.05) is 6.07 Å². The molecule has 2 aliphatic rings. The highest BCUT2D eigenvalue weighted by Crippen LogP contribution is 2.43. The van der Waals surface area contributed by atoms with Crippen molar-refractivity contribution in [1.29, 1.82) is 0 Å². The Balaban J connectivity index is 1.43. The molecule has 6 nitrogen and oxygen atoms in total. The zero-order chi connectivity index (χ0) is 18.8. The maximum absolute atomic E-state index is 6.14. The molecule has 0 radical (unpaired) electrons. The Morgan fingerprint density at radius 2 is 1.93 bits per heavy atom. The summed E-state index contributed by atoms with van der Waals surface area (Å²) in [4.78, 5) is 13.4. The van der Waals surface area contributed by atoms with Crippen molar-refractivity contribution < 1.29 is 9.47 Å². The van der Waals surface area contributed by atoms with Crippen LogP contribution in [-0.2, 0) is 6.54 Å². The van der Waals surface area contributed by atoms with E-state index in [2.05, 4.69) is 14.9 Å². The fourth-order valence-corrected chi connectivity index (χ4v) is 4.41. The largest absolute Gasteiger partial charge is 0.497 e. The van der Waals surface area contributed by atoms with Crippen LogP contribution in [0.3, 0.4) is 0 Å². The summed E-state index contributed by atoms with van der Waals surface area (Å²) in [6, 6.07) is 8.95. The first kappa shape index (κ1) is 18.0. The van der Waals surface area contributed by atoms with Crippen LogP contribution in [0, 0.1) is 5.92 Å². The molecule has 2 aromatic rings. The number of benzene rings is 1. The van der Waals surface area contributed by atoms with Crippen LogP contribution in [0.15, 0.2) is 36.7 Å². The normalized spacial score (nSPS) is 24.2. The van der Waals surface area contributed by atoms with Crippen molar-refractivity contribution in [1.82, 2.24) is 14.9 Å². The maximum atomic E-state index is 6.14. The fraction of sp³-hybridized carbons (Fsp3) is 0.524. The molecular formula is C21H28N4O2. The molecule has 1 saturated carbocycles. The van der Waals surface area contributed by atoms with E-state index in [1.807, 2.05) is 55.7 Å². The number of hydrogen-bond donors (Lipinski definition) is 0. The van der Waals surface area contributed by atoms with Crippen LogP contribution < -0.4 is 14.4 Å². The number of rotatable bonds is 7. The number of fused-ring (bicyclic) bond motifs is 2. The van der Waals surface area contributed by atoms with Gasteiger partial charge in [0.1, 0.15) is 18.1 Å². The molecule has 27 heavy (non-hydrogen) atoms. The van der Waals surface area contributed by atoms with Crippen molar-refractivity contribution in [3.8, 4) is 11.5 Å². The number of nitrogens with zero attached hydrogens (tertiary/aromatic N) is 4. The van der Waals surface area contributed by atoms with Crippen molar-refractivity contribution >= 4 is 5.95 Å². The van der Waals surface area contributed by atoms with Crippen LogP contribution in [0.4, 0.5) is 5.95 Å². The average Bonchev–Trinajstić information content (AvgIpc) is 3.29. The topological polar surface area (TPSA) is 50.7 Å². The summed E-state index contributed by atoms with van der Waals surface area (Å²) in [7, 11) is 5.60. The highest BCUT2D eigenvalue weighted by Gasteiger charge is 2.45. The molecule has 1 saturated heterocycles. The van der Waals surface area contributed by atoms with Crippen molar-refractivity contribution in [3.63, 3.8) is 0 Å². The first-order chi connectivity index (χ1) is 13.1. The summed E-state index contributed by atoms with van der Waals surface area (Å²) >= 11 is 0. The molecule has 1 aliphatic heterocycles. The molecule has 2 heterocycles. The molecule has 6 heteroatoms. The van der Waals surface area contributed by atoms with E-state index < -0.39 is 0 Å². The van der Waals surface area contributed by atoms with Crippen molar-refractivity contribution in [2.75, 3.05) is 32.7 Å². The first-order valence-corrected chi connectivity index (χ1v) is 9.65. The second-order valence-corrected chi connectivity index (χ2v) is 7.74. The minimum Gasteiger partial charge on any atom is -0.497 e. The van der Waals surface area contributed by atoms with Crippen molar-refractivity contribution in [2.45, 2.75) is 37.9 Å². The Labute approximate surface area is 161 Å². The Kier molecular flexibility index (Phi) is 5.16. The average molecular weight is 368 g/mol. The van der Waals surface area contributed by atoms with Crippen LogP contribution >= 0.6 is 0 Å². The number of piperidine rings is 1. The number of methoxy groups -OCH3 is 1. The number of aromatic nitrogens is 2. The minimum atomic E-state index is 0.448. The van der Waals surface area contributed by atoms with Gasteiger partial charge in [0.05, 0.1) is 7.11 Å². The van der Waals surface area contributed by atoms with Crippen LogP contribution in [0.5, 0.6) is 11.5 Å². The molecule has 0 amide bonds. The summed E-state index contributed by atoms with van der Waals surface area (Å²) in [5.74, 6) is 3.17. The highest BCUT2D eigenvalue weighted by atomic mass is 16.5. The van der Waals surface area contributed by atoms with E-state index in [0.29, 0.717) is 18.7 Å². The lowest BCUT2D eigenvalue weighted by molar-refractivity contribution is 0.0865. The molecule has 0 spiro atoms. The second kappa shape index (κ2) is 7.72. The van der Waals surface area contributed by atoms with Crippen LogP contribution in [-0.4, -0.2) is 54.8 Å². The summed E-state index contributed by atoms with van der Waals surface area (Å²) in [6.07, 6.45) is 7.78. The van der Waals surface area contributed by atoms with Gasteiger partial charge >= 0.3 is 0 Å². The summed E-state index contributed by atoms with van der Waals surface area (Å²) in [5.41, 5.74) is 1.17. The smallest absolute Gasteiger partial charge is 0.224 e. The van der Waals surface area contributed by atoms with Gasteiger partial charge in [-0.05, 0) is 37.3 Å². The lowest BCUT2D eigenvalue weighted by atomic mass is 9.99. The molecule has 3 atom stereocenters. The Bertz CT molecular complexity index is 765. The Hall–Kier alpha value is -2.34. The molecule has 1 aliphatic carbocycles. The molecule has 0 N–H and O–H groups in total. The molecule has 2 bridgehead atoms. The highest BCUT2D eigenvalue weighted by molar-refractivity contribution is 5.33. The number of ether oxygens (including phenoxy) is 2. The summed E-state index contributed by atoms with van der Waals surface area (Å²) < 4.78 is 11.4. The van der Waals surface area contributed by atoms with E-state index >= 15 is 0 Å². The van der Waals surface area contributed by atoms with E-state index in [4.69, 9.17) is 9.47 Å². The zero-order valence-electron chi connectivity index (χ0n) is 16.3. The molecule has 144 valence electrons. The van der Waals surface area contributed by atoms with Crippen LogP contribution in [0.2, 0.25) is 0 Å². The van der Waals surface area contributed by atoms with Gasteiger partial charge in [0.15, 0.2) is 0 Å². The van der Waals surface area contributed by atoms with Gasteiger partial charge in [-0.25, -0.2) is 9.97 Å². The second-order valence-electron chi connectivity index (χ2n) is 7.74. The standard InChI is InChI=1S/C21H28N4O2/c1-24(2)21-22-11-15(12-23-21)13-25-17-8-7-16(9-17)20(25)14-27-19-6-4-5-18(10-19)26-3/h4-6,10-12,16-17,20H,7-9,13-14H2,1-3H3/t16-,17+,20+/m0/s1. The third-order valence-electron chi connectivity index (χ3n) is 5.80. The molecule has 1 aromatic heterocycles. The van der Waals surface area contributed by atoms with E-state index in [1.165, 1.54) is 24.8 Å². The summed E-state index contributed by atoms with van der Waals surface area (Å²) in [6.45, 7) is 1.60. The van der Waals surface area contributed by atoms with E-state index in [-0.39, 0.29) is 0 Å². The van der Waals surface area contributed by atoms with E-state index in [0.717, 1.165) is 29.9 Å². The molecule has 1 aromatic carbocycles. The Morgan fingerprint density at radius 3 is 2.67 bits per heavy atom. The van der Waals surface area contributed by atoms with Gasteiger partial charge in [-0.3, -0.25) is 4.90 Å². The van der Waals surface area contributed by atoms with E-state index in [9.17, 15) is 0 Å².